The zero-order chi connectivity index (χ0) is 16.9. The van der Waals surface area contributed by atoms with Gasteiger partial charge < -0.3 is 5.21 Å². The van der Waals surface area contributed by atoms with Crippen LogP contribution in [0.1, 0.15) is 49.7 Å². The van der Waals surface area contributed by atoms with Crippen molar-refractivity contribution in [3.63, 3.8) is 0 Å². The van der Waals surface area contributed by atoms with Crippen LogP contribution in [-0.4, -0.2) is 23.4 Å². The molecule has 0 aromatic heterocycles. The third-order valence-corrected chi connectivity index (χ3v) is 4.45. The van der Waals surface area contributed by atoms with E-state index in [0.29, 0.717) is 0 Å². The van der Waals surface area contributed by atoms with Crippen LogP contribution in [-0.2, 0) is 12.8 Å². The van der Waals surface area contributed by atoms with Crippen LogP contribution in [0.15, 0.2) is 60.7 Å². The predicted octanol–water partition coefficient (Wildman–Crippen LogP) is 5.50. The number of benzene rings is 2. The lowest BCUT2D eigenvalue weighted by Gasteiger charge is -2.14. The van der Waals surface area contributed by atoms with Crippen LogP contribution in [0, 0.1) is 0 Å². The van der Waals surface area contributed by atoms with Gasteiger partial charge in [-0.05, 0) is 49.7 Å². The van der Waals surface area contributed by atoms with Crippen molar-refractivity contribution in [3.05, 3.63) is 71.8 Å². The highest BCUT2D eigenvalue weighted by Crippen LogP contribution is 2.08. The SMILES string of the molecule is ON(CCCCCc1ccccc1)CCCCCc1ccccc1. The molecule has 0 atom stereocenters. The molecule has 0 aliphatic rings. The summed E-state index contributed by atoms with van der Waals surface area (Å²) >= 11 is 0. The number of nitrogens with zero attached hydrogens (tertiary/aromatic N) is 1. The minimum Gasteiger partial charge on any atom is -0.314 e. The summed E-state index contributed by atoms with van der Waals surface area (Å²) in [6, 6.07) is 21.3. The highest BCUT2D eigenvalue weighted by Gasteiger charge is 2.01. The third kappa shape index (κ3) is 8.28. The summed E-state index contributed by atoms with van der Waals surface area (Å²) < 4.78 is 0. The van der Waals surface area contributed by atoms with Crippen molar-refractivity contribution in [1.82, 2.24) is 5.06 Å². The summed E-state index contributed by atoms with van der Waals surface area (Å²) in [5.41, 5.74) is 2.83. The molecule has 0 saturated heterocycles. The Morgan fingerprint density at radius 3 is 1.38 bits per heavy atom. The summed E-state index contributed by atoms with van der Waals surface area (Å²) in [5, 5.41) is 11.4. The van der Waals surface area contributed by atoms with Crippen LogP contribution < -0.4 is 0 Å². The first-order valence-electron chi connectivity index (χ1n) is 9.36. The largest absolute Gasteiger partial charge is 0.314 e. The molecule has 1 N–H and O–H groups in total. The van der Waals surface area contributed by atoms with E-state index in [4.69, 9.17) is 0 Å². The molecule has 2 aromatic rings. The zero-order valence-corrected chi connectivity index (χ0v) is 14.7. The van der Waals surface area contributed by atoms with E-state index in [1.807, 2.05) is 0 Å². The maximum atomic E-state index is 9.92. The summed E-state index contributed by atoms with van der Waals surface area (Å²) in [6.07, 6.45) is 9.21. The number of hydrogen-bond acceptors (Lipinski definition) is 2. The van der Waals surface area contributed by atoms with Gasteiger partial charge in [-0.15, -0.1) is 0 Å². The van der Waals surface area contributed by atoms with E-state index >= 15 is 0 Å². The number of aryl methyl sites for hydroxylation is 2. The highest BCUT2D eigenvalue weighted by atomic mass is 16.5. The van der Waals surface area contributed by atoms with Gasteiger partial charge in [-0.3, -0.25) is 0 Å². The number of hydrogen-bond donors (Lipinski definition) is 1. The van der Waals surface area contributed by atoms with E-state index in [0.717, 1.165) is 38.8 Å². The molecule has 130 valence electrons. The van der Waals surface area contributed by atoms with Gasteiger partial charge in [-0.25, -0.2) is 0 Å². The van der Waals surface area contributed by atoms with Crippen LogP contribution in [0.25, 0.3) is 0 Å². The lowest BCUT2D eigenvalue weighted by Crippen LogP contribution is -2.21. The van der Waals surface area contributed by atoms with Gasteiger partial charge in [0.15, 0.2) is 0 Å². The molecular weight excluding hydrogens is 294 g/mol. The molecular formula is C22H31NO. The van der Waals surface area contributed by atoms with Crippen molar-refractivity contribution in [1.29, 1.82) is 0 Å². The predicted molar refractivity (Wildman–Crippen MR) is 101 cm³/mol. The molecule has 0 aliphatic carbocycles. The lowest BCUT2D eigenvalue weighted by atomic mass is 10.1. The molecule has 0 spiro atoms. The molecule has 2 aromatic carbocycles. The second-order valence-electron chi connectivity index (χ2n) is 6.55. The Labute approximate surface area is 147 Å². The summed E-state index contributed by atoms with van der Waals surface area (Å²) in [7, 11) is 0. The average Bonchev–Trinajstić information content (AvgIpc) is 2.63. The van der Waals surface area contributed by atoms with E-state index < -0.39 is 0 Å². The fourth-order valence-electron chi connectivity index (χ4n) is 3.00. The molecule has 0 unspecified atom stereocenters. The van der Waals surface area contributed by atoms with Crippen molar-refractivity contribution in [2.45, 2.75) is 51.4 Å². The maximum Gasteiger partial charge on any atom is 0.0238 e. The number of unbranched alkanes of at least 4 members (excludes halogenated alkanes) is 4. The molecule has 0 fully saturated rings. The quantitative estimate of drug-likeness (QED) is 0.411. The summed E-state index contributed by atoms with van der Waals surface area (Å²) in [4.78, 5) is 0. The van der Waals surface area contributed by atoms with Crippen LogP contribution in [0.2, 0.25) is 0 Å². The Hall–Kier alpha value is -1.64. The zero-order valence-electron chi connectivity index (χ0n) is 14.7. The molecule has 2 rings (SSSR count). The van der Waals surface area contributed by atoms with Crippen molar-refractivity contribution in [3.8, 4) is 0 Å². The minimum atomic E-state index is 0.799. The van der Waals surface area contributed by atoms with Crippen molar-refractivity contribution in [2.24, 2.45) is 0 Å². The van der Waals surface area contributed by atoms with Gasteiger partial charge in [-0.2, -0.15) is 5.06 Å². The smallest absolute Gasteiger partial charge is 0.0238 e. The molecule has 0 aliphatic heterocycles. The number of hydroxylamine groups is 2. The first kappa shape index (κ1) is 18.7. The molecule has 0 bridgehead atoms. The Morgan fingerprint density at radius 2 is 0.958 bits per heavy atom. The van der Waals surface area contributed by atoms with Gasteiger partial charge in [0.2, 0.25) is 0 Å². The van der Waals surface area contributed by atoms with E-state index in [9.17, 15) is 5.21 Å². The van der Waals surface area contributed by atoms with Crippen LogP contribution in [0.4, 0.5) is 0 Å². The highest BCUT2D eigenvalue weighted by molar-refractivity contribution is 5.15. The van der Waals surface area contributed by atoms with E-state index in [-0.39, 0.29) is 0 Å². The van der Waals surface area contributed by atoms with Crippen LogP contribution in [0.3, 0.4) is 0 Å². The molecule has 0 radical (unpaired) electrons. The number of rotatable bonds is 12. The molecule has 0 heterocycles. The van der Waals surface area contributed by atoms with Gasteiger partial charge in [0.05, 0.1) is 0 Å². The van der Waals surface area contributed by atoms with Gasteiger partial charge in [0.1, 0.15) is 0 Å². The van der Waals surface area contributed by atoms with Crippen LogP contribution in [0.5, 0.6) is 0 Å². The summed E-state index contributed by atoms with van der Waals surface area (Å²) in [5.74, 6) is 0. The molecule has 0 saturated carbocycles. The molecule has 2 nitrogen and oxygen atoms in total. The molecule has 24 heavy (non-hydrogen) atoms. The molecule has 0 amide bonds. The topological polar surface area (TPSA) is 23.5 Å². The van der Waals surface area contributed by atoms with Gasteiger partial charge in [0.25, 0.3) is 0 Å². The monoisotopic (exact) mass is 325 g/mol. The van der Waals surface area contributed by atoms with Gasteiger partial charge in [0, 0.05) is 13.1 Å². The fourth-order valence-corrected chi connectivity index (χ4v) is 3.00. The lowest BCUT2D eigenvalue weighted by molar-refractivity contribution is -0.0924. The fraction of sp³-hybridized carbons (Fsp3) is 0.455. The standard InChI is InChI=1S/C22H31NO/c24-23(19-11-3-9-17-21-13-5-1-6-14-21)20-12-4-10-18-22-15-7-2-8-16-22/h1-2,5-8,13-16,24H,3-4,9-12,17-20H2. The third-order valence-electron chi connectivity index (χ3n) is 4.45. The second-order valence-corrected chi connectivity index (χ2v) is 6.55. The van der Waals surface area contributed by atoms with E-state index in [1.54, 1.807) is 0 Å². The van der Waals surface area contributed by atoms with Crippen molar-refractivity contribution in [2.75, 3.05) is 13.1 Å². The second kappa shape index (κ2) is 11.8. The van der Waals surface area contributed by atoms with Crippen molar-refractivity contribution >= 4 is 0 Å². The first-order chi connectivity index (χ1) is 11.8. The maximum absolute atomic E-state index is 9.92. The Bertz CT molecular complexity index is 477. The van der Waals surface area contributed by atoms with Gasteiger partial charge in [-0.1, -0.05) is 73.5 Å². The Kier molecular flexibility index (Phi) is 9.21. The van der Waals surface area contributed by atoms with Gasteiger partial charge >= 0.3 is 0 Å². The van der Waals surface area contributed by atoms with E-state index in [1.165, 1.54) is 41.9 Å². The summed E-state index contributed by atoms with van der Waals surface area (Å²) in [6.45, 7) is 1.60. The van der Waals surface area contributed by atoms with E-state index in [2.05, 4.69) is 60.7 Å². The van der Waals surface area contributed by atoms with Crippen LogP contribution >= 0.6 is 0 Å². The Morgan fingerprint density at radius 1 is 0.542 bits per heavy atom. The average molecular weight is 325 g/mol. The molecule has 2 heteroatoms. The Balaban J connectivity index is 1.42. The van der Waals surface area contributed by atoms with Crippen molar-refractivity contribution < 1.29 is 5.21 Å². The first-order valence-corrected chi connectivity index (χ1v) is 9.36. The minimum absolute atomic E-state index is 0.799. The normalized spacial score (nSPS) is 11.1.